The van der Waals surface area contributed by atoms with Crippen LogP contribution in [0.4, 0.5) is 5.69 Å². The van der Waals surface area contributed by atoms with Gasteiger partial charge >= 0.3 is 0 Å². The third kappa shape index (κ3) is 3.87. The van der Waals surface area contributed by atoms with Crippen LogP contribution in [0.3, 0.4) is 0 Å². The summed E-state index contributed by atoms with van der Waals surface area (Å²) in [5, 5.41) is 4.25. The highest BCUT2D eigenvalue weighted by Gasteiger charge is 2.26. The minimum absolute atomic E-state index is 0.601. The fourth-order valence-corrected chi connectivity index (χ4v) is 3.14. The Balaban J connectivity index is 2.22. The summed E-state index contributed by atoms with van der Waals surface area (Å²) in [7, 11) is 4.29. The Morgan fingerprint density at radius 2 is 2.20 bits per heavy atom. The third-order valence-electron chi connectivity index (χ3n) is 3.88. The lowest BCUT2D eigenvalue weighted by Crippen LogP contribution is -2.38. The average Bonchev–Trinajstić information content (AvgIpc) is 2.84. The van der Waals surface area contributed by atoms with Crippen LogP contribution in [0.2, 0.25) is 5.02 Å². The van der Waals surface area contributed by atoms with Crippen molar-refractivity contribution in [2.45, 2.75) is 32.4 Å². The molecule has 0 bridgehead atoms. The Kier molecular flexibility index (Phi) is 5.70. The first-order valence-electron chi connectivity index (χ1n) is 7.52. The standard InChI is InChI=1S/C16H26ClN3/c1-4-18-11-13-7-8-14(17)10-16(13)20-9-5-6-15(20)12-19(2)3/h7-8,10,15,18H,4-6,9,11-12H2,1-3H3. The highest BCUT2D eigenvalue weighted by molar-refractivity contribution is 6.30. The second-order valence-electron chi connectivity index (χ2n) is 5.81. The highest BCUT2D eigenvalue weighted by atomic mass is 35.5. The van der Waals surface area contributed by atoms with E-state index in [0.29, 0.717) is 6.04 Å². The van der Waals surface area contributed by atoms with Gasteiger partial charge in [-0.25, -0.2) is 0 Å². The van der Waals surface area contributed by atoms with Gasteiger partial charge in [-0.15, -0.1) is 0 Å². The normalized spacial score (nSPS) is 19.1. The molecule has 1 aromatic carbocycles. The number of likely N-dealkylation sites (N-methyl/N-ethyl adjacent to an activating group) is 1. The van der Waals surface area contributed by atoms with Crippen molar-refractivity contribution in [3.63, 3.8) is 0 Å². The van der Waals surface area contributed by atoms with Gasteiger partial charge in [0.2, 0.25) is 0 Å². The molecule has 1 unspecified atom stereocenters. The van der Waals surface area contributed by atoms with Crippen molar-refractivity contribution >= 4 is 17.3 Å². The molecular formula is C16H26ClN3. The first kappa shape index (κ1) is 15.6. The number of hydrogen-bond acceptors (Lipinski definition) is 3. The zero-order valence-corrected chi connectivity index (χ0v) is 13.6. The molecule has 1 aliphatic heterocycles. The summed E-state index contributed by atoms with van der Waals surface area (Å²) in [6.45, 7) is 6.28. The summed E-state index contributed by atoms with van der Waals surface area (Å²) >= 11 is 6.23. The van der Waals surface area contributed by atoms with Crippen molar-refractivity contribution in [2.75, 3.05) is 38.6 Å². The van der Waals surface area contributed by atoms with Crippen LogP contribution < -0.4 is 10.2 Å². The second-order valence-corrected chi connectivity index (χ2v) is 6.24. The van der Waals surface area contributed by atoms with Crippen LogP contribution in [0, 0.1) is 0 Å². The Morgan fingerprint density at radius 3 is 2.90 bits per heavy atom. The van der Waals surface area contributed by atoms with Gasteiger partial charge in [0.1, 0.15) is 0 Å². The van der Waals surface area contributed by atoms with Crippen molar-refractivity contribution in [1.29, 1.82) is 0 Å². The van der Waals surface area contributed by atoms with Gasteiger partial charge in [0, 0.05) is 36.4 Å². The fraction of sp³-hybridized carbons (Fsp3) is 0.625. The van der Waals surface area contributed by atoms with Crippen LogP contribution in [-0.4, -0.2) is 44.7 Å². The van der Waals surface area contributed by atoms with Crippen LogP contribution in [0.5, 0.6) is 0 Å². The average molecular weight is 296 g/mol. The molecular weight excluding hydrogens is 270 g/mol. The summed E-state index contributed by atoms with van der Waals surface area (Å²) < 4.78 is 0. The van der Waals surface area contributed by atoms with E-state index in [1.807, 2.05) is 6.07 Å². The molecule has 0 amide bonds. The number of rotatable bonds is 6. The Bertz CT molecular complexity index is 434. The minimum atomic E-state index is 0.601. The Morgan fingerprint density at radius 1 is 1.40 bits per heavy atom. The molecule has 1 heterocycles. The van der Waals surface area contributed by atoms with Crippen molar-refractivity contribution in [3.05, 3.63) is 28.8 Å². The van der Waals surface area contributed by atoms with Crippen molar-refractivity contribution in [3.8, 4) is 0 Å². The number of hydrogen-bond donors (Lipinski definition) is 1. The van der Waals surface area contributed by atoms with Gasteiger partial charge in [-0.2, -0.15) is 0 Å². The molecule has 2 rings (SSSR count). The molecule has 0 aromatic heterocycles. The van der Waals surface area contributed by atoms with E-state index < -0.39 is 0 Å². The zero-order valence-electron chi connectivity index (χ0n) is 12.8. The maximum absolute atomic E-state index is 6.23. The van der Waals surface area contributed by atoms with Gasteiger partial charge in [0.25, 0.3) is 0 Å². The predicted molar refractivity (Wildman–Crippen MR) is 87.8 cm³/mol. The Labute approximate surface area is 127 Å². The summed E-state index contributed by atoms with van der Waals surface area (Å²) in [5.41, 5.74) is 2.66. The summed E-state index contributed by atoms with van der Waals surface area (Å²) in [4.78, 5) is 4.82. The SMILES string of the molecule is CCNCc1ccc(Cl)cc1N1CCCC1CN(C)C. The van der Waals surface area contributed by atoms with Gasteiger partial charge in [-0.1, -0.05) is 24.6 Å². The summed E-state index contributed by atoms with van der Waals surface area (Å²) in [5.74, 6) is 0. The van der Waals surface area contributed by atoms with E-state index in [9.17, 15) is 0 Å². The quantitative estimate of drug-likeness (QED) is 0.870. The molecule has 0 spiro atoms. The summed E-state index contributed by atoms with van der Waals surface area (Å²) in [6.07, 6.45) is 2.54. The topological polar surface area (TPSA) is 18.5 Å². The highest BCUT2D eigenvalue weighted by Crippen LogP contribution is 2.31. The molecule has 1 atom stereocenters. The molecule has 20 heavy (non-hydrogen) atoms. The smallest absolute Gasteiger partial charge is 0.0429 e. The lowest BCUT2D eigenvalue weighted by molar-refractivity contribution is 0.372. The van der Waals surface area contributed by atoms with Gasteiger partial charge in [-0.3, -0.25) is 0 Å². The van der Waals surface area contributed by atoms with Crippen LogP contribution in [0.1, 0.15) is 25.3 Å². The maximum atomic E-state index is 6.23. The predicted octanol–water partition coefficient (Wildman–Crippen LogP) is 2.98. The lowest BCUT2D eigenvalue weighted by Gasteiger charge is -2.31. The fourth-order valence-electron chi connectivity index (χ4n) is 2.98. The minimum Gasteiger partial charge on any atom is -0.367 e. The molecule has 112 valence electrons. The van der Waals surface area contributed by atoms with E-state index in [4.69, 9.17) is 11.6 Å². The largest absolute Gasteiger partial charge is 0.367 e. The number of benzene rings is 1. The van der Waals surface area contributed by atoms with Crippen molar-refractivity contribution < 1.29 is 0 Å². The number of anilines is 1. The van der Waals surface area contributed by atoms with Crippen LogP contribution in [-0.2, 0) is 6.54 Å². The molecule has 4 heteroatoms. The van der Waals surface area contributed by atoms with E-state index in [1.54, 1.807) is 0 Å². The summed E-state index contributed by atoms with van der Waals surface area (Å²) in [6, 6.07) is 6.88. The van der Waals surface area contributed by atoms with Crippen LogP contribution in [0.15, 0.2) is 18.2 Å². The van der Waals surface area contributed by atoms with Gasteiger partial charge in [0.05, 0.1) is 0 Å². The van der Waals surface area contributed by atoms with E-state index in [0.717, 1.165) is 31.2 Å². The van der Waals surface area contributed by atoms with Gasteiger partial charge in [0.15, 0.2) is 0 Å². The monoisotopic (exact) mass is 295 g/mol. The molecule has 0 aliphatic carbocycles. The molecule has 1 aliphatic rings. The Hall–Kier alpha value is -0.770. The van der Waals surface area contributed by atoms with E-state index in [2.05, 4.69) is 48.3 Å². The van der Waals surface area contributed by atoms with E-state index >= 15 is 0 Å². The first-order valence-corrected chi connectivity index (χ1v) is 7.90. The first-order chi connectivity index (χ1) is 9.61. The molecule has 1 fully saturated rings. The van der Waals surface area contributed by atoms with Crippen LogP contribution in [0.25, 0.3) is 0 Å². The van der Waals surface area contributed by atoms with E-state index in [-0.39, 0.29) is 0 Å². The van der Waals surface area contributed by atoms with Crippen LogP contribution >= 0.6 is 11.6 Å². The number of nitrogens with one attached hydrogen (secondary N) is 1. The third-order valence-corrected chi connectivity index (χ3v) is 4.11. The van der Waals surface area contributed by atoms with Gasteiger partial charge < -0.3 is 15.1 Å². The van der Waals surface area contributed by atoms with Crippen molar-refractivity contribution in [1.82, 2.24) is 10.2 Å². The molecule has 1 N–H and O–H groups in total. The molecule has 1 aromatic rings. The molecule has 1 saturated heterocycles. The molecule has 0 saturated carbocycles. The second kappa shape index (κ2) is 7.30. The molecule has 3 nitrogen and oxygen atoms in total. The lowest BCUT2D eigenvalue weighted by atomic mass is 10.1. The zero-order chi connectivity index (χ0) is 14.5. The molecule has 0 radical (unpaired) electrons. The number of nitrogens with zero attached hydrogens (tertiary/aromatic N) is 2. The number of halogens is 1. The van der Waals surface area contributed by atoms with Crippen molar-refractivity contribution in [2.24, 2.45) is 0 Å². The maximum Gasteiger partial charge on any atom is 0.0429 e. The van der Waals surface area contributed by atoms with E-state index in [1.165, 1.54) is 24.1 Å². The van der Waals surface area contributed by atoms with Gasteiger partial charge in [-0.05, 0) is 51.2 Å².